The van der Waals surface area contributed by atoms with Crippen LogP contribution in [0.1, 0.15) is 19.4 Å². The molecule has 1 unspecified atom stereocenters. The average Bonchev–Trinajstić information content (AvgIpc) is 2.70. The van der Waals surface area contributed by atoms with Crippen molar-refractivity contribution in [1.29, 1.82) is 0 Å². The van der Waals surface area contributed by atoms with Gasteiger partial charge in [0.1, 0.15) is 23.7 Å². The van der Waals surface area contributed by atoms with Gasteiger partial charge >= 0.3 is 0 Å². The molecular formula is C21H29N3O3. The van der Waals surface area contributed by atoms with Gasteiger partial charge < -0.3 is 25.2 Å². The smallest absolute Gasteiger partial charge is 0.191 e. The number of nitrogens with zero attached hydrogens (tertiary/aromatic N) is 1. The lowest BCUT2D eigenvalue weighted by atomic mass is 9.96. The highest BCUT2D eigenvalue weighted by Gasteiger charge is 2.22. The van der Waals surface area contributed by atoms with Crippen molar-refractivity contribution in [1.82, 2.24) is 10.6 Å². The van der Waals surface area contributed by atoms with Gasteiger partial charge in [-0.15, -0.1) is 0 Å². The Morgan fingerprint density at radius 3 is 2.52 bits per heavy atom. The topological polar surface area (TPSA) is 75.1 Å². The van der Waals surface area contributed by atoms with Gasteiger partial charge in [0.05, 0.1) is 20.2 Å². The molecule has 0 amide bonds. The molecule has 6 heteroatoms. The number of ether oxygens (including phenoxy) is 2. The standard InChI is InChI=1S/C21H29N3O3/c1-4-22-20(24-16-21(2,25)17-9-6-5-7-10-17)23-13-14-27-19-12-8-11-18(15-19)26-3/h5-12,15,25H,4,13-14,16H2,1-3H3,(H2,22,23,24). The van der Waals surface area contributed by atoms with Crippen LogP contribution in [0.5, 0.6) is 11.5 Å². The van der Waals surface area contributed by atoms with Crippen molar-refractivity contribution in [3.8, 4) is 11.5 Å². The molecule has 1 atom stereocenters. The number of aliphatic hydroxyl groups is 1. The van der Waals surface area contributed by atoms with Crippen molar-refractivity contribution in [2.24, 2.45) is 4.99 Å². The predicted octanol–water partition coefficient (Wildman–Crippen LogP) is 2.54. The number of benzene rings is 2. The van der Waals surface area contributed by atoms with Crippen LogP contribution in [0.15, 0.2) is 59.6 Å². The SMILES string of the molecule is CCNC(=NCC(C)(O)c1ccccc1)NCCOc1cccc(OC)c1. The Morgan fingerprint density at radius 1 is 1.07 bits per heavy atom. The Hall–Kier alpha value is -2.73. The molecule has 3 N–H and O–H groups in total. The van der Waals surface area contributed by atoms with Gasteiger partial charge in [0.15, 0.2) is 5.96 Å². The van der Waals surface area contributed by atoms with Crippen molar-refractivity contribution < 1.29 is 14.6 Å². The molecule has 0 spiro atoms. The quantitative estimate of drug-likeness (QED) is 0.359. The van der Waals surface area contributed by atoms with Crippen molar-refractivity contribution >= 4 is 5.96 Å². The second-order valence-corrected chi connectivity index (χ2v) is 6.29. The maximum atomic E-state index is 10.7. The average molecular weight is 371 g/mol. The van der Waals surface area contributed by atoms with Crippen molar-refractivity contribution in [2.45, 2.75) is 19.4 Å². The maximum absolute atomic E-state index is 10.7. The lowest BCUT2D eigenvalue weighted by Gasteiger charge is -2.22. The van der Waals surface area contributed by atoms with Crippen LogP contribution in [0.4, 0.5) is 0 Å². The molecule has 2 aromatic carbocycles. The minimum absolute atomic E-state index is 0.253. The third kappa shape index (κ3) is 6.83. The number of aliphatic imine (C=N–C) groups is 1. The van der Waals surface area contributed by atoms with Crippen LogP contribution in [0.25, 0.3) is 0 Å². The summed E-state index contributed by atoms with van der Waals surface area (Å²) in [7, 11) is 1.63. The van der Waals surface area contributed by atoms with Crippen LogP contribution < -0.4 is 20.1 Å². The Morgan fingerprint density at radius 2 is 1.81 bits per heavy atom. The second-order valence-electron chi connectivity index (χ2n) is 6.29. The molecule has 0 heterocycles. The van der Waals surface area contributed by atoms with Gasteiger partial charge in [0, 0.05) is 12.6 Å². The molecular weight excluding hydrogens is 342 g/mol. The first-order valence-electron chi connectivity index (χ1n) is 9.12. The zero-order valence-corrected chi connectivity index (χ0v) is 16.2. The van der Waals surface area contributed by atoms with Crippen LogP contribution in [0.2, 0.25) is 0 Å². The zero-order chi connectivity index (χ0) is 19.5. The van der Waals surface area contributed by atoms with Gasteiger partial charge in [0.2, 0.25) is 0 Å². The fourth-order valence-electron chi connectivity index (χ4n) is 2.49. The first-order valence-corrected chi connectivity index (χ1v) is 9.12. The highest BCUT2D eigenvalue weighted by Crippen LogP contribution is 2.20. The van der Waals surface area contributed by atoms with Crippen LogP contribution >= 0.6 is 0 Å². The molecule has 0 bridgehead atoms. The lowest BCUT2D eigenvalue weighted by Crippen LogP contribution is -2.40. The van der Waals surface area contributed by atoms with Gasteiger partial charge in [-0.25, -0.2) is 4.99 Å². The Labute approximate surface area is 161 Å². The third-order valence-corrected chi connectivity index (χ3v) is 3.99. The number of rotatable bonds is 9. The second kappa shape index (κ2) is 10.4. The van der Waals surface area contributed by atoms with E-state index in [2.05, 4.69) is 15.6 Å². The zero-order valence-electron chi connectivity index (χ0n) is 16.2. The fourth-order valence-corrected chi connectivity index (χ4v) is 2.49. The summed E-state index contributed by atoms with van der Waals surface area (Å²) in [5.41, 5.74) is -0.188. The van der Waals surface area contributed by atoms with Gasteiger partial charge in [0.25, 0.3) is 0 Å². The summed E-state index contributed by atoms with van der Waals surface area (Å²) in [6.07, 6.45) is 0. The van der Waals surface area contributed by atoms with E-state index in [0.717, 1.165) is 23.6 Å². The van der Waals surface area contributed by atoms with Crippen LogP contribution in [-0.4, -0.2) is 44.4 Å². The molecule has 146 valence electrons. The summed E-state index contributed by atoms with van der Waals surface area (Å²) in [4.78, 5) is 4.50. The molecule has 0 saturated heterocycles. The fraction of sp³-hybridized carbons (Fsp3) is 0.381. The van der Waals surface area contributed by atoms with Gasteiger partial charge in [-0.3, -0.25) is 0 Å². The minimum atomic E-state index is -1.03. The molecule has 0 fully saturated rings. The van der Waals surface area contributed by atoms with Gasteiger partial charge in [-0.1, -0.05) is 36.4 Å². The normalized spacial score (nSPS) is 13.6. The predicted molar refractivity (Wildman–Crippen MR) is 108 cm³/mol. The third-order valence-electron chi connectivity index (χ3n) is 3.99. The number of methoxy groups -OCH3 is 1. The molecule has 0 aliphatic carbocycles. The summed E-state index contributed by atoms with van der Waals surface area (Å²) in [6.45, 7) is 5.81. The summed E-state index contributed by atoms with van der Waals surface area (Å²) in [6, 6.07) is 17.0. The summed E-state index contributed by atoms with van der Waals surface area (Å²) >= 11 is 0. The number of nitrogens with one attached hydrogen (secondary N) is 2. The summed E-state index contributed by atoms with van der Waals surface area (Å²) < 4.78 is 10.9. The van der Waals surface area contributed by atoms with E-state index in [4.69, 9.17) is 9.47 Å². The molecule has 2 aromatic rings. The molecule has 0 radical (unpaired) electrons. The van der Waals surface area contributed by atoms with E-state index < -0.39 is 5.60 Å². The van der Waals surface area contributed by atoms with E-state index in [1.807, 2.05) is 61.5 Å². The van der Waals surface area contributed by atoms with E-state index in [1.54, 1.807) is 14.0 Å². The number of guanidine groups is 1. The first-order chi connectivity index (χ1) is 13.0. The van der Waals surface area contributed by atoms with Crippen molar-refractivity contribution in [3.63, 3.8) is 0 Å². The number of hydrogen-bond donors (Lipinski definition) is 3. The monoisotopic (exact) mass is 371 g/mol. The van der Waals surface area contributed by atoms with Gasteiger partial charge in [-0.2, -0.15) is 0 Å². The molecule has 2 rings (SSSR count). The molecule has 0 aromatic heterocycles. The highest BCUT2D eigenvalue weighted by atomic mass is 16.5. The first kappa shape index (κ1) is 20.6. The van der Waals surface area contributed by atoms with E-state index in [-0.39, 0.29) is 6.54 Å². The van der Waals surface area contributed by atoms with E-state index in [9.17, 15) is 5.11 Å². The van der Waals surface area contributed by atoms with Gasteiger partial charge in [-0.05, 0) is 31.5 Å². The lowest BCUT2D eigenvalue weighted by molar-refractivity contribution is 0.0672. The van der Waals surface area contributed by atoms with Crippen LogP contribution in [-0.2, 0) is 5.60 Å². The summed E-state index contributed by atoms with van der Waals surface area (Å²) in [5, 5.41) is 17.1. The van der Waals surface area contributed by atoms with E-state index >= 15 is 0 Å². The Bertz CT molecular complexity index is 718. The van der Waals surface area contributed by atoms with Crippen LogP contribution in [0.3, 0.4) is 0 Å². The van der Waals surface area contributed by atoms with Crippen LogP contribution in [0, 0.1) is 0 Å². The minimum Gasteiger partial charge on any atom is -0.497 e. The highest BCUT2D eigenvalue weighted by molar-refractivity contribution is 5.79. The molecule has 27 heavy (non-hydrogen) atoms. The Balaban J connectivity index is 1.86. The number of hydrogen-bond acceptors (Lipinski definition) is 4. The largest absolute Gasteiger partial charge is 0.497 e. The van der Waals surface area contributed by atoms with E-state index in [1.165, 1.54) is 0 Å². The van der Waals surface area contributed by atoms with E-state index in [0.29, 0.717) is 19.1 Å². The van der Waals surface area contributed by atoms with Crippen molar-refractivity contribution in [2.75, 3.05) is 33.4 Å². The van der Waals surface area contributed by atoms with Crippen molar-refractivity contribution in [3.05, 3.63) is 60.2 Å². The maximum Gasteiger partial charge on any atom is 0.191 e. The molecule has 0 saturated carbocycles. The summed E-state index contributed by atoms with van der Waals surface area (Å²) in [5.74, 6) is 2.16. The Kier molecular flexibility index (Phi) is 7.95. The molecule has 0 aliphatic rings. The molecule has 0 aliphatic heterocycles. The molecule has 6 nitrogen and oxygen atoms in total.